The number of esters is 1. The van der Waals surface area contributed by atoms with Crippen molar-refractivity contribution in [2.45, 2.75) is 24.7 Å². The van der Waals surface area contributed by atoms with E-state index in [4.69, 9.17) is 4.74 Å². The van der Waals surface area contributed by atoms with Gasteiger partial charge < -0.3 is 4.74 Å². The number of halogens is 1. The summed E-state index contributed by atoms with van der Waals surface area (Å²) in [6.45, 7) is 2.24. The first-order valence-electron chi connectivity index (χ1n) is 5.62. The number of hydrogen-bond acceptors (Lipinski definition) is 3. The molecule has 0 aliphatic carbocycles. The Kier molecular flexibility index (Phi) is 6.66. The van der Waals surface area contributed by atoms with Crippen LogP contribution in [0.3, 0.4) is 0 Å². The fourth-order valence-electron chi connectivity index (χ4n) is 1.53. The fraction of sp³-hybridized carbons (Fsp3) is 0.462. The maximum absolute atomic E-state index is 11.7. The Labute approximate surface area is 115 Å². The highest BCUT2D eigenvalue weighted by Crippen LogP contribution is 2.21. The lowest BCUT2D eigenvalue weighted by Gasteiger charge is -2.07. The minimum absolute atomic E-state index is 0.233. The zero-order valence-electron chi connectivity index (χ0n) is 10.2. The minimum Gasteiger partial charge on any atom is -0.462 e. The molecule has 17 heavy (non-hydrogen) atoms. The van der Waals surface area contributed by atoms with Crippen LogP contribution in [0.15, 0.2) is 23.1 Å². The van der Waals surface area contributed by atoms with E-state index in [1.54, 1.807) is 11.8 Å². The second kappa shape index (κ2) is 7.77. The molecule has 0 bridgehead atoms. The molecule has 0 N–H and O–H groups in total. The molecule has 0 heterocycles. The van der Waals surface area contributed by atoms with Crippen molar-refractivity contribution in [3.05, 3.63) is 29.3 Å². The molecule has 0 atom stereocenters. The highest BCUT2D eigenvalue weighted by atomic mass is 79.9. The van der Waals surface area contributed by atoms with E-state index in [0.717, 1.165) is 23.1 Å². The molecule has 0 radical (unpaired) electrons. The maximum atomic E-state index is 11.7. The average molecular weight is 317 g/mol. The van der Waals surface area contributed by atoms with Crippen molar-refractivity contribution in [2.24, 2.45) is 0 Å². The molecule has 1 aromatic carbocycles. The van der Waals surface area contributed by atoms with E-state index in [1.807, 2.05) is 25.3 Å². The molecule has 0 unspecified atom stereocenters. The number of carbonyl (C=O) groups is 1. The zero-order valence-corrected chi connectivity index (χ0v) is 12.6. The summed E-state index contributed by atoms with van der Waals surface area (Å²) in [6, 6.07) is 5.96. The van der Waals surface area contributed by atoms with Gasteiger partial charge in [0.2, 0.25) is 0 Å². The Hall–Kier alpha value is -0.480. The van der Waals surface area contributed by atoms with Crippen molar-refractivity contribution in [3.63, 3.8) is 0 Å². The summed E-state index contributed by atoms with van der Waals surface area (Å²) in [5, 5.41) is 0.977. The predicted molar refractivity (Wildman–Crippen MR) is 76.3 cm³/mol. The number of aryl methyl sites for hydroxylation is 1. The number of hydrogen-bond donors (Lipinski definition) is 0. The standard InChI is InChI=1S/C13H17BrO2S/c1-3-16-13(15)11-7-10(5-4-6-14)8-12(9-11)17-2/h7-9H,3-6H2,1-2H3. The summed E-state index contributed by atoms with van der Waals surface area (Å²) >= 11 is 5.06. The average Bonchev–Trinajstić information content (AvgIpc) is 2.36. The Balaban J connectivity index is 2.92. The number of ether oxygens (including phenoxy) is 1. The van der Waals surface area contributed by atoms with Crippen LogP contribution < -0.4 is 0 Å². The first-order chi connectivity index (χ1) is 8.21. The van der Waals surface area contributed by atoms with Gasteiger partial charge in [-0.05, 0) is 49.8 Å². The molecule has 94 valence electrons. The summed E-state index contributed by atoms with van der Waals surface area (Å²) < 4.78 is 5.03. The third-order valence-corrected chi connectivity index (χ3v) is 3.58. The molecular weight excluding hydrogens is 300 g/mol. The van der Waals surface area contributed by atoms with Gasteiger partial charge in [0.25, 0.3) is 0 Å². The number of benzene rings is 1. The molecule has 0 spiro atoms. The van der Waals surface area contributed by atoms with Gasteiger partial charge in [-0.25, -0.2) is 4.79 Å². The second-order valence-corrected chi connectivity index (χ2v) is 5.26. The molecule has 0 saturated heterocycles. The number of thioether (sulfide) groups is 1. The van der Waals surface area contributed by atoms with E-state index >= 15 is 0 Å². The van der Waals surface area contributed by atoms with Crippen LogP contribution in [0.25, 0.3) is 0 Å². The Morgan fingerprint density at radius 2 is 2.18 bits per heavy atom. The molecule has 1 rings (SSSR count). The van der Waals surface area contributed by atoms with Crippen LogP contribution in [0.1, 0.15) is 29.3 Å². The number of carbonyl (C=O) groups excluding carboxylic acids is 1. The molecule has 2 nitrogen and oxygen atoms in total. The smallest absolute Gasteiger partial charge is 0.338 e. The lowest BCUT2D eigenvalue weighted by molar-refractivity contribution is 0.0526. The number of alkyl halides is 1. The van der Waals surface area contributed by atoms with Crippen LogP contribution in [-0.4, -0.2) is 24.2 Å². The van der Waals surface area contributed by atoms with E-state index in [0.29, 0.717) is 12.2 Å². The molecular formula is C13H17BrO2S. The van der Waals surface area contributed by atoms with Crippen molar-refractivity contribution >= 4 is 33.7 Å². The highest BCUT2D eigenvalue weighted by molar-refractivity contribution is 9.09. The van der Waals surface area contributed by atoms with Gasteiger partial charge in [-0.3, -0.25) is 0 Å². The van der Waals surface area contributed by atoms with Gasteiger partial charge in [0.05, 0.1) is 12.2 Å². The van der Waals surface area contributed by atoms with Crippen LogP contribution in [0.4, 0.5) is 0 Å². The molecule has 0 aliphatic rings. The monoisotopic (exact) mass is 316 g/mol. The third-order valence-electron chi connectivity index (χ3n) is 2.31. The molecule has 0 aromatic heterocycles. The quantitative estimate of drug-likeness (QED) is 0.452. The highest BCUT2D eigenvalue weighted by Gasteiger charge is 2.09. The van der Waals surface area contributed by atoms with Crippen LogP contribution in [-0.2, 0) is 11.2 Å². The van der Waals surface area contributed by atoms with Gasteiger partial charge in [0, 0.05) is 10.2 Å². The van der Waals surface area contributed by atoms with Gasteiger partial charge in [0.1, 0.15) is 0 Å². The summed E-state index contributed by atoms with van der Waals surface area (Å²) in [5.74, 6) is -0.233. The topological polar surface area (TPSA) is 26.3 Å². The first kappa shape index (κ1) is 14.6. The molecule has 0 aliphatic heterocycles. The van der Waals surface area contributed by atoms with Crippen molar-refractivity contribution in [1.82, 2.24) is 0 Å². The van der Waals surface area contributed by atoms with Crippen molar-refractivity contribution in [3.8, 4) is 0 Å². The SMILES string of the molecule is CCOC(=O)c1cc(CCCBr)cc(SC)c1. The fourth-order valence-corrected chi connectivity index (χ4v) is 2.32. The lowest BCUT2D eigenvalue weighted by atomic mass is 10.1. The second-order valence-electron chi connectivity index (χ2n) is 3.58. The van der Waals surface area contributed by atoms with E-state index in [-0.39, 0.29) is 5.97 Å². The molecule has 1 aromatic rings. The van der Waals surface area contributed by atoms with Gasteiger partial charge in [-0.1, -0.05) is 15.9 Å². The van der Waals surface area contributed by atoms with Crippen molar-refractivity contribution < 1.29 is 9.53 Å². The van der Waals surface area contributed by atoms with E-state index in [2.05, 4.69) is 22.0 Å². The van der Waals surface area contributed by atoms with Crippen LogP contribution >= 0.6 is 27.7 Å². The number of rotatable bonds is 6. The Bertz CT molecular complexity index is 380. The lowest BCUT2D eigenvalue weighted by Crippen LogP contribution is -2.05. The van der Waals surface area contributed by atoms with Crippen LogP contribution in [0.2, 0.25) is 0 Å². The largest absolute Gasteiger partial charge is 0.462 e. The minimum atomic E-state index is -0.233. The first-order valence-corrected chi connectivity index (χ1v) is 7.97. The molecule has 4 heteroatoms. The maximum Gasteiger partial charge on any atom is 0.338 e. The molecule has 0 amide bonds. The molecule has 0 saturated carbocycles. The van der Waals surface area contributed by atoms with E-state index in [1.165, 1.54) is 5.56 Å². The van der Waals surface area contributed by atoms with E-state index < -0.39 is 0 Å². The summed E-state index contributed by atoms with van der Waals surface area (Å²) in [6.07, 6.45) is 4.06. The zero-order chi connectivity index (χ0) is 12.7. The summed E-state index contributed by atoms with van der Waals surface area (Å²) in [7, 11) is 0. The predicted octanol–water partition coefficient (Wildman–Crippen LogP) is 3.91. The van der Waals surface area contributed by atoms with Crippen molar-refractivity contribution in [1.29, 1.82) is 0 Å². The van der Waals surface area contributed by atoms with Gasteiger partial charge in [-0.2, -0.15) is 0 Å². The van der Waals surface area contributed by atoms with Crippen LogP contribution in [0, 0.1) is 0 Å². The van der Waals surface area contributed by atoms with Gasteiger partial charge in [0.15, 0.2) is 0 Å². The van der Waals surface area contributed by atoms with Crippen molar-refractivity contribution in [2.75, 3.05) is 18.2 Å². The summed E-state index contributed by atoms with van der Waals surface area (Å²) in [5.41, 5.74) is 1.85. The van der Waals surface area contributed by atoms with Gasteiger partial charge in [-0.15, -0.1) is 11.8 Å². The normalized spacial score (nSPS) is 10.3. The van der Waals surface area contributed by atoms with E-state index in [9.17, 15) is 4.79 Å². The summed E-state index contributed by atoms with van der Waals surface area (Å²) in [4.78, 5) is 12.8. The molecule has 0 fully saturated rings. The van der Waals surface area contributed by atoms with Gasteiger partial charge >= 0.3 is 5.97 Å². The van der Waals surface area contributed by atoms with Crippen LogP contribution in [0.5, 0.6) is 0 Å². The Morgan fingerprint density at radius 3 is 2.76 bits per heavy atom. The third kappa shape index (κ3) is 4.72. The Morgan fingerprint density at radius 1 is 1.41 bits per heavy atom.